The first-order valence-electron chi connectivity index (χ1n) is 12.1. The van der Waals surface area contributed by atoms with E-state index in [1.54, 1.807) is 30.3 Å². The van der Waals surface area contributed by atoms with Crippen molar-refractivity contribution in [3.8, 4) is 0 Å². The Morgan fingerprint density at radius 2 is 1.28 bits per heavy atom. The number of hydrogen-bond acceptors (Lipinski definition) is 3. The molecule has 0 spiro atoms. The predicted octanol–water partition coefficient (Wildman–Crippen LogP) is 7.42. The predicted molar refractivity (Wildman–Crippen MR) is 140 cm³/mol. The topological polar surface area (TPSA) is 51.2 Å². The minimum absolute atomic E-state index is 0.133. The van der Waals surface area contributed by atoms with Gasteiger partial charge in [-0.15, -0.1) is 0 Å². The Labute approximate surface area is 202 Å². The van der Waals surface area contributed by atoms with Crippen molar-refractivity contribution in [2.45, 2.75) is 93.8 Å². The van der Waals surface area contributed by atoms with E-state index in [2.05, 4.69) is 20.8 Å². The summed E-state index contributed by atoms with van der Waals surface area (Å²) in [6, 6.07) is 14.3. The van der Waals surface area contributed by atoms with Crippen molar-refractivity contribution in [1.29, 1.82) is 0 Å². The Bertz CT molecular complexity index is 947. The van der Waals surface area contributed by atoms with Crippen molar-refractivity contribution in [2.75, 3.05) is 0 Å². The molecule has 2 aromatic rings. The molecule has 6 heteroatoms. The first kappa shape index (κ1) is 27.6. The summed E-state index contributed by atoms with van der Waals surface area (Å²) < 4.78 is 44.9. The van der Waals surface area contributed by atoms with Crippen LogP contribution in [0.3, 0.4) is 0 Å². The molecular formula is C26H40O3S2Sn. The van der Waals surface area contributed by atoms with Gasteiger partial charge in [0.25, 0.3) is 0 Å². The average molecular weight is 583 g/mol. The van der Waals surface area contributed by atoms with Crippen molar-refractivity contribution in [1.82, 2.24) is 0 Å². The van der Waals surface area contributed by atoms with Crippen molar-refractivity contribution < 1.29 is 12.6 Å². The quantitative estimate of drug-likeness (QED) is 0.172. The normalized spacial score (nSPS) is 13.2. The third kappa shape index (κ3) is 7.42. The third-order valence-electron chi connectivity index (χ3n) is 6.41. The van der Waals surface area contributed by atoms with Crippen LogP contribution in [0.1, 0.15) is 70.4 Å². The van der Waals surface area contributed by atoms with Gasteiger partial charge in [0, 0.05) is 0 Å². The van der Waals surface area contributed by atoms with Crippen LogP contribution in [0.15, 0.2) is 58.3 Å². The summed E-state index contributed by atoms with van der Waals surface area (Å²) in [6.07, 6.45) is 7.38. The zero-order chi connectivity index (χ0) is 23.6. The van der Waals surface area contributed by atoms with Crippen molar-refractivity contribution >= 4 is 37.1 Å². The average Bonchev–Trinajstić information content (AvgIpc) is 2.80. The van der Waals surface area contributed by atoms with Crippen molar-refractivity contribution in [3.63, 3.8) is 0 Å². The molecule has 0 aromatic heterocycles. The van der Waals surface area contributed by atoms with Crippen molar-refractivity contribution in [3.05, 3.63) is 59.7 Å². The van der Waals surface area contributed by atoms with Gasteiger partial charge in [0.15, 0.2) is 0 Å². The second-order valence-electron chi connectivity index (χ2n) is 9.10. The number of rotatable bonds is 14. The van der Waals surface area contributed by atoms with Crippen LogP contribution in [0.4, 0.5) is 0 Å². The molecule has 0 aliphatic rings. The molecule has 2 aromatic carbocycles. The van der Waals surface area contributed by atoms with Gasteiger partial charge in [0.2, 0.25) is 0 Å². The molecule has 0 aliphatic carbocycles. The fraction of sp³-hybridized carbons (Fsp3) is 0.538. The standard InChI is InChI=1S/C14H13O3S2.3C4H9.Sn/c1-11-7-9-13(10-8-11)19(16,17)18(15)14-6-4-3-5-12(14)2;3*1-3-4-2;/h3-10H,2H2,1H3;3*1,3-4H2,2H3;/t18-;;;;/m0..../s1. The summed E-state index contributed by atoms with van der Waals surface area (Å²) >= 11 is -2.57. The van der Waals surface area contributed by atoms with E-state index in [1.807, 2.05) is 25.1 Å². The van der Waals surface area contributed by atoms with Crippen LogP contribution in [-0.2, 0) is 23.1 Å². The molecule has 3 nitrogen and oxygen atoms in total. The second kappa shape index (κ2) is 13.3. The van der Waals surface area contributed by atoms with Crippen LogP contribution >= 0.6 is 0 Å². The van der Waals surface area contributed by atoms with Gasteiger partial charge in [-0.3, -0.25) is 0 Å². The van der Waals surface area contributed by atoms with E-state index in [1.165, 1.54) is 51.8 Å². The van der Waals surface area contributed by atoms with E-state index >= 15 is 0 Å². The molecule has 178 valence electrons. The maximum absolute atomic E-state index is 13.4. The van der Waals surface area contributed by atoms with Crippen LogP contribution in [0.25, 0.3) is 0 Å². The SMILES string of the molecule is CCC[CH2][Sn]([CH2]CCC)([CH2]CCC)[CH2]c1ccccc1[S@@](=O)S(=O)(=O)c1ccc(C)cc1. The molecule has 0 radical (unpaired) electrons. The molecule has 0 bridgehead atoms. The first-order chi connectivity index (χ1) is 15.3. The summed E-state index contributed by atoms with van der Waals surface area (Å²) in [5.41, 5.74) is 2.00. The van der Waals surface area contributed by atoms with Crippen molar-refractivity contribution in [2.24, 2.45) is 0 Å². The van der Waals surface area contributed by atoms with E-state index in [-0.39, 0.29) is 4.90 Å². The first-order valence-corrected chi connectivity index (χ1v) is 23.3. The zero-order valence-corrected chi connectivity index (χ0v) is 24.7. The summed E-state index contributed by atoms with van der Waals surface area (Å²) in [7, 11) is -6.05. The van der Waals surface area contributed by atoms with Gasteiger partial charge in [-0.05, 0) is 0 Å². The van der Waals surface area contributed by atoms with E-state index < -0.39 is 37.1 Å². The molecule has 2 rings (SSSR count). The molecule has 0 unspecified atom stereocenters. The van der Waals surface area contributed by atoms with E-state index in [9.17, 15) is 12.6 Å². The molecule has 0 amide bonds. The zero-order valence-electron chi connectivity index (χ0n) is 20.2. The molecule has 1 atom stereocenters. The van der Waals surface area contributed by atoms with E-state index in [0.717, 1.165) is 15.6 Å². The van der Waals surface area contributed by atoms with Crippen LogP contribution in [0.5, 0.6) is 0 Å². The van der Waals surface area contributed by atoms with Gasteiger partial charge < -0.3 is 0 Å². The Hall–Kier alpha value is -0.661. The van der Waals surface area contributed by atoms with E-state index in [4.69, 9.17) is 0 Å². The van der Waals surface area contributed by atoms with Crippen LogP contribution in [0.2, 0.25) is 13.3 Å². The summed E-state index contributed by atoms with van der Waals surface area (Å²) in [6.45, 7) is 8.69. The van der Waals surface area contributed by atoms with Gasteiger partial charge in [-0.2, -0.15) is 0 Å². The molecule has 0 N–H and O–H groups in total. The molecule has 0 saturated carbocycles. The molecule has 0 fully saturated rings. The summed E-state index contributed by atoms with van der Waals surface area (Å²) in [4.78, 5) is 0.632. The Kier molecular flexibility index (Phi) is 11.4. The van der Waals surface area contributed by atoms with Gasteiger partial charge in [0.05, 0.1) is 0 Å². The Balaban J connectivity index is 2.44. The van der Waals surface area contributed by atoms with Gasteiger partial charge in [0.1, 0.15) is 0 Å². The Morgan fingerprint density at radius 1 is 0.781 bits per heavy atom. The second-order valence-corrected chi connectivity index (χ2v) is 27.5. The van der Waals surface area contributed by atoms with Gasteiger partial charge >= 0.3 is 203 Å². The fourth-order valence-electron chi connectivity index (χ4n) is 4.42. The summed E-state index contributed by atoms with van der Waals surface area (Å²) in [5.74, 6) is 0. The molecular weight excluding hydrogens is 543 g/mol. The minimum atomic E-state index is -3.94. The monoisotopic (exact) mass is 584 g/mol. The van der Waals surface area contributed by atoms with Crippen LogP contribution < -0.4 is 0 Å². The summed E-state index contributed by atoms with van der Waals surface area (Å²) in [5, 5.41) is 0. The van der Waals surface area contributed by atoms with Crippen LogP contribution in [-0.4, -0.2) is 31.0 Å². The fourth-order valence-corrected chi connectivity index (χ4v) is 24.6. The van der Waals surface area contributed by atoms with Crippen LogP contribution in [0, 0.1) is 6.92 Å². The molecule has 32 heavy (non-hydrogen) atoms. The molecule has 0 saturated heterocycles. The maximum atomic E-state index is 13.4. The van der Waals surface area contributed by atoms with Gasteiger partial charge in [-0.1, -0.05) is 0 Å². The number of aryl methyl sites for hydroxylation is 1. The van der Waals surface area contributed by atoms with E-state index in [0.29, 0.717) is 4.90 Å². The third-order valence-corrected chi connectivity index (χ3v) is 26.1. The number of unbranched alkanes of at least 4 members (excludes halogenated alkanes) is 3. The molecule has 0 aliphatic heterocycles. The Morgan fingerprint density at radius 3 is 1.78 bits per heavy atom. The molecule has 0 heterocycles. The number of benzene rings is 2. The number of hydrogen-bond donors (Lipinski definition) is 0. The van der Waals surface area contributed by atoms with Gasteiger partial charge in [-0.25, -0.2) is 0 Å².